The van der Waals surface area contributed by atoms with Crippen LogP contribution in [0.1, 0.15) is 27.0 Å². The van der Waals surface area contributed by atoms with Crippen LogP contribution in [0.4, 0.5) is 8.78 Å². The maximum absolute atomic E-state index is 13.5. The molecule has 6 nitrogen and oxygen atoms in total. The van der Waals surface area contributed by atoms with E-state index in [0.29, 0.717) is 29.7 Å². The molecular weight excluding hydrogens is 492 g/mol. The summed E-state index contributed by atoms with van der Waals surface area (Å²) in [6, 6.07) is 25.1. The number of carboxylic acids is 1. The van der Waals surface area contributed by atoms with E-state index in [1.165, 1.54) is 0 Å². The molecule has 0 aromatic heterocycles. The Balaban J connectivity index is 1.52. The van der Waals surface area contributed by atoms with Gasteiger partial charge in [-0.15, -0.1) is 0 Å². The topological polar surface area (TPSA) is 84.9 Å². The minimum absolute atomic E-state index is 0.0977. The standard InChI is InChI=1S/C30H25F2NO5/c31-24-15-23(16-25(32)17-24)29(34)33-26(30(35)36)13-22-11-12-27(37-18-20-7-3-1-4-8-20)28(14-22)38-19-21-9-5-2-6-10-21/h1-12,14-17,26H,13,18-19H2,(H,33,34)(H,35,36)/t26-/m1/s1. The summed E-state index contributed by atoms with van der Waals surface area (Å²) >= 11 is 0. The molecule has 4 aromatic carbocycles. The van der Waals surface area contributed by atoms with Gasteiger partial charge in [-0.1, -0.05) is 66.7 Å². The molecule has 1 atom stereocenters. The molecule has 0 saturated carbocycles. The zero-order valence-electron chi connectivity index (χ0n) is 20.3. The smallest absolute Gasteiger partial charge is 0.326 e. The fraction of sp³-hybridized carbons (Fsp3) is 0.133. The van der Waals surface area contributed by atoms with E-state index in [0.717, 1.165) is 23.3 Å². The normalized spacial score (nSPS) is 11.4. The van der Waals surface area contributed by atoms with E-state index in [1.807, 2.05) is 60.7 Å². The summed E-state index contributed by atoms with van der Waals surface area (Å²) < 4.78 is 39.0. The maximum atomic E-state index is 13.5. The highest BCUT2D eigenvalue weighted by Gasteiger charge is 2.23. The van der Waals surface area contributed by atoms with Crippen LogP contribution in [0.15, 0.2) is 97.1 Å². The van der Waals surface area contributed by atoms with E-state index >= 15 is 0 Å². The average molecular weight is 518 g/mol. The Bertz CT molecular complexity index is 1380. The van der Waals surface area contributed by atoms with Gasteiger partial charge in [0.15, 0.2) is 11.5 Å². The van der Waals surface area contributed by atoms with Crippen LogP contribution >= 0.6 is 0 Å². The first-order valence-electron chi connectivity index (χ1n) is 11.8. The van der Waals surface area contributed by atoms with Gasteiger partial charge in [0.05, 0.1) is 0 Å². The number of aliphatic carboxylic acids is 1. The molecule has 0 aliphatic heterocycles. The van der Waals surface area contributed by atoms with Crippen molar-refractivity contribution in [3.63, 3.8) is 0 Å². The van der Waals surface area contributed by atoms with Crippen LogP contribution in [-0.2, 0) is 24.4 Å². The van der Waals surface area contributed by atoms with Crippen molar-refractivity contribution >= 4 is 11.9 Å². The van der Waals surface area contributed by atoms with Gasteiger partial charge in [-0.3, -0.25) is 4.79 Å². The summed E-state index contributed by atoms with van der Waals surface area (Å²) in [5.41, 5.74) is 2.14. The first-order valence-corrected chi connectivity index (χ1v) is 11.8. The molecule has 0 aliphatic rings. The molecule has 0 saturated heterocycles. The average Bonchev–Trinajstić information content (AvgIpc) is 2.91. The summed E-state index contributed by atoms with van der Waals surface area (Å²) in [5, 5.41) is 12.0. The Kier molecular flexibility index (Phi) is 8.66. The van der Waals surface area contributed by atoms with Gasteiger partial charge < -0.3 is 19.9 Å². The highest BCUT2D eigenvalue weighted by atomic mass is 19.1. The third-order valence-electron chi connectivity index (χ3n) is 5.65. The van der Waals surface area contributed by atoms with Crippen LogP contribution in [0, 0.1) is 11.6 Å². The van der Waals surface area contributed by atoms with E-state index in [9.17, 15) is 23.5 Å². The van der Waals surface area contributed by atoms with Crippen molar-refractivity contribution in [1.29, 1.82) is 0 Å². The minimum Gasteiger partial charge on any atom is -0.485 e. The van der Waals surface area contributed by atoms with Crippen molar-refractivity contribution in [2.75, 3.05) is 0 Å². The molecule has 4 rings (SSSR count). The molecule has 0 fully saturated rings. The third kappa shape index (κ3) is 7.39. The van der Waals surface area contributed by atoms with E-state index in [2.05, 4.69) is 5.32 Å². The monoisotopic (exact) mass is 517 g/mol. The van der Waals surface area contributed by atoms with Crippen LogP contribution < -0.4 is 14.8 Å². The van der Waals surface area contributed by atoms with Crippen molar-refractivity contribution in [3.05, 3.63) is 131 Å². The number of hydrogen-bond acceptors (Lipinski definition) is 4. The van der Waals surface area contributed by atoms with Gasteiger partial charge in [-0.2, -0.15) is 0 Å². The molecular formula is C30H25F2NO5. The van der Waals surface area contributed by atoms with E-state index in [4.69, 9.17) is 9.47 Å². The van der Waals surface area contributed by atoms with Crippen LogP contribution in [0.25, 0.3) is 0 Å². The molecule has 2 N–H and O–H groups in total. The highest BCUT2D eigenvalue weighted by Crippen LogP contribution is 2.30. The van der Waals surface area contributed by atoms with Crippen LogP contribution in [0.5, 0.6) is 11.5 Å². The maximum Gasteiger partial charge on any atom is 0.326 e. The summed E-state index contributed by atoms with van der Waals surface area (Å²) in [6.45, 7) is 0.566. The van der Waals surface area contributed by atoms with Gasteiger partial charge in [0.2, 0.25) is 0 Å². The van der Waals surface area contributed by atoms with E-state index in [1.54, 1.807) is 18.2 Å². The van der Waals surface area contributed by atoms with Gasteiger partial charge in [0.1, 0.15) is 30.9 Å². The molecule has 0 radical (unpaired) electrons. The van der Waals surface area contributed by atoms with Crippen molar-refractivity contribution in [2.24, 2.45) is 0 Å². The number of carboxylic acid groups (broad SMARTS) is 1. The Morgan fingerprint density at radius 2 is 1.26 bits per heavy atom. The number of carbonyl (C=O) groups excluding carboxylic acids is 1. The van der Waals surface area contributed by atoms with Crippen molar-refractivity contribution in [3.8, 4) is 11.5 Å². The number of rotatable bonds is 11. The number of ether oxygens (including phenoxy) is 2. The fourth-order valence-electron chi connectivity index (χ4n) is 3.74. The zero-order chi connectivity index (χ0) is 26.9. The second kappa shape index (κ2) is 12.5. The summed E-state index contributed by atoms with van der Waals surface area (Å²) in [7, 11) is 0. The zero-order valence-corrected chi connectivity index (χ0v) is 20.3. The highest BCUT2D eigenvalue weighted by molar-refractivity contribution is 5.96. The van der Waals surface area contributed by atoms with Crippen molar-refractivity contribution in [1.82, 2.24) is 5.32 Å². The second-order valence-electron chi connectivity index (χ2n) is 8.56. The molecule has 38 heavy (non-hydrogen) atoms. The first kappa shape index (κ1) is 26.3. The molecule has 4 aromatic rings. The number of nitrogens with one attached hydrogen (secondary N) is 1. The Morgan fingerprint density at radius 3 is 1.82 bits per heavy atom. The molecule has 0 spiro atoms. The lowest BCUT2D eigenvalue weighted by Crippen LogP contribution is -2.42. The molecule has 8 heteroatoms. The molecule has 0 heterocycles. The van der Waals surface area contributed by atoms with Crippen molar-refractivity contribution < 1.29 is 33.0 Å². The first-order chi connectivity index (χ1) is 18.4. The SMILES string of the molecule is O=C(N[C@H](Cc1ccc(OCc2ccccc2)c(OCc2ccccc2)c1)C(=O)O)c1cc(F)cc(F)c1. The number of halogens is 2. The van der Waals surface area contributed by atoms with Gasteiger partial charge in [-0.25, -0.2) is 13.6 Å². The van der Waals surface area contributed by atoms with Gasteiger partial charge >= 0.3 is 5.97 Å². The van der Waals surface area contributed by atoms with Gasteiger partial charge in [0, 0.05) is 18.1 Å². The summed E-state index contributed by atoms with van der Waals surface area (Å²) in [4.78, 5) is 24.4. The predicted molar refractivity (Wildman–Crippen MR) is 137 cm³/mol. The Labute approximate surface area is 218 Å². The molecule has 1 amide bonds. The van der Waals surface area contributed by atoms with Gasteiger partial charge in [-0.05, 0) is 41.0 Å². The van der Waals surface area contributed by atoms with Crippen LogP contribution in [0.2, 0.25) is 0 Å². The van der Waals surface area contributed by atoms with Crippen molar-refractivity contribution in [2.45, 2.75) is 25.7 Å². The largest absolute Gasteiger partial charge is 0.485 e. The Hall–Kier alpha value is -4.72. The number of hydrogen-bond donors (Lipinski definition) is 2. The summed E-state index contributed by atoms with van der Waals surface area (Å²) in [6.07, 6.45) is -0.0977. The molecule has 0 unspecified atom stereocenters. The number of amides is 1. The van der Waals surface area contributed by atoms with Gasteiger partial charge in [0.25, 0.3) is 5.91 Å². The molecule has 0 bridgehead atoms. The fourth-order valence-corrected chi connectivity index (χ4v) is 3.74. The third-order valence-corrected chi connectivity index (χ3v) is 5.65. The lowest BCUT2D eigenvalue weighted by molar-refractivity contribution is -0.139. The van der Waals surface area contributed by atoms with E-state index in [-0.39, 0.29) is 18.6 Å². The quantitative estimate of drug-likeness (QED) is 0.273. The van der Waals surface area contributed by atoms with E-state index < -0.39 is 29.6 Å². The predicted octanol–water partition coefficient (Wildman–Crippen LogP) is 5.55. The van der Waals surface area contributed by atoms with Crippen LogP contribution in [-0.4, -0.2) is 23.0 Å². The van der Waals surface area contributed by atoms with Crippen LogP contribution in [0.3, 0.4) is 0 Å². The molecule has 0 aliphatic carbocycles. The Morgan fingerprint density at radius 1 is 0.711 bits per heavy atom. The number of carbonyl (C=O) groups is 2. The lowest BCUT2D eigenvalue weighted by Gasteiger charge is -2.17. The second-order valence-corrected chi connectivity index (χ2v) is 8.56. The minimum atomic E-state index is -1.35. The summed E-state index contributed by atoms with van der Waals surface area (Å²) in [5.74, 6) is -3.20. The number of benzene rings is 4. The lowest BCUT2D eigenvalue weighted by atomic mass is 10.0. The molecule has 194 valence electrons.